The number of nitrogens with one attached hydrogen (secondary N) is 1. The van der Waals surface area contributed by atoms with Crippen molar-refractivity contribution >= 4 is 23.4 Å². The lowest BCUT2D eigenvalue weighted by molar-refractivity contribution is -0.137. The number of halogens is 3. The van der Waals surface area contributed by atoms with E-state index < -0.39 is 17.6 Å². The summed E-state index contributed by atoms with van der Waals surface area (Å²) in [6, 6.07) is 10.3. The van der Waals surface area contributed by atoms with Crippen LogP contribution in [-0.4, -0.2) is 31.5 Å². The summed E-state index contributed by atoms with van der Waals surface area (Å²) in [5.74, 6) is -0.398. The molecule has 0 radical (unpaired) electrons. The van der Waals surface area contributed by atoms with Crippen LogP contribution in [0.3, 0.4) is 0 Å². The highest BCUT2D eigenvalue weighted by atomic mass is 32.2. The summed E-state index contributed by atoms with van der Waals surface area (Å²) in [7, 11) is 1.52. The van der Waals surface area contributed by atoms with Gasteiger partial charge in [0.2, 0.25) is 0 Å². The van der Waals surface area contributed by atoms with Gasteiger partial charge in [-0.2, -0.15) is 13.2 Å². The van der Waals surface area contributed by atoms with E-state index >= 15 is 0 Å². The van der Waals surface area contributed by atoms with Crippen LogP contribution in [0.4, 0.5) is 18.9 Å². The molecule has 0 saturated heterocycles. The highest BCUT2D eigenvalue weighted by Gasteiger charge is 2.34. The lowest BCUT2D eigenvalue weighted by Crippen LogP contribution is -2.18. The average molecular weight is 427 g/mol. The van der Waals surface area contributed by atoms with Crippen molar-refractivity contribution in [2.75, 3.05) is 25.6 Å². The standard InChI is InChI=1S/C21H24F3NO3S/c1-4-14(2)29-15-9-10-18(17(13-15)21(22,23)24)25-20(26)16-7-5-6-8-19(16)28-12-11-27-3/h5-10,13-14H,4,11-12H2,1-3H3,(H,25,26). The topological polar surface area (TPSA) is 47.6 Å². The predicted molar refractivity (Wildman–Crippen MR) is 109 cm³/mol. The molecule has 8 heteroatoms. The zero-order chi connectivity index (χ0) is 21.4. The fourth-order valence-electron chi connectivity index (χ4n) is 2.46. The van der Waals surface area contributed by atoms with Gasteiger partial charge in [-0.05, 0) is 36.8 Å². The Morgan fingerprint density at radius 2 is 1.90 bits per heavy atom. The third-order valence-corrected chi connectivity index (χ3v) is 5.40. The smallest absolute Gasteiger partial charge is 0.418 e. The van der Waals surface area contributed by atoms with E-state index in [1.54, 1.807) is 24.3 Å². The molecular weight excluding hydrogens is 403 g/mol. The number of ether oxygens (including phenoxy) is 2. The Hall–Kier alpha value is -2.19. The first-order valence-electron chi connectivity index (χ1n) is 9.16. The van der Waals surface area contributed by atoms with Crippen molar-refractivity contribution < 1.29 is 27.4 Å². The van der Waals surface area contributed by atoms with Crippen molar-refractivity contribution in [3.63, 3.8) is 0 Å². The van der Waals surface area contributed by atoms with E-state index in [0.29, 0.717) is 11.5 Å². The molecule has 2 aromatic rings. The van der Waals surface area contributed by atoms with Gasteiger partial charge in [0.25, 0.3) is 5.91 Å². The van der Waals surface area contributed by atoms with Crippen LogP contribution in [0.1, 0.15) is 36.2 Å². The highest BCUT2D eigenvalue weighted by Crippen LogP contribution is 2.38. The molecule has 1 N–H and O–H groups in total. The number of alkyl halides is 3. The summed E-state index contributed by atoms with van der Waals surface area (Å²) >= 11 is 1.37. The molecule has 0 aliphatic carbocycles. The third kappa shape index (κ3) is 6.68. The molecule has 0 aliphatic rings. The van der Waals surface area contributed by atoms with E-state index in [1.165, 1.54) is 31.0 Å². The van der Waals surface area contributed by atoms with Gasteiger partial charge in [0.05, 0.1) is 23.4 Å². The minimum absolute atomic E-state index is 0.148. The summed E-state index contributed by atoms with van der Waals surface area (Å²) in [4.78, 5) is 13.2. The summed E-state index contributed by atoms with van der Waals surface area (Å²) < 4.78 is 51.2. The molecule has 1 unspecified atom stereocenters. The molecule has 0 aromatic heterocycles. The third-order valence-electron chi connectivity index (χ3n) is 4.13. The van der Waals surface area contributed by atoms with Gasteiger partial charge in [-0.25, -0.2) is 0 Å². The summed E-state index contributed by atoms with van der Waals surface area (Å²) in [6.45, 7) is 4.47. The number of benzene rings is 2. The molecule has 158 valence electrons. The maximum Gasteiger partial charge on any atom is 0.418 e. The second-order valence-electron chi connectivity index (χ2n) is 6.33. The van der Waals surface area contributed by atoms with Gasteiger partial charge in [-0.3, -0.25) is 4.79 Å². The van der Waals surface area contributed by atoms with Crippen molar-refractivity contribution in [1.82, 2.24) is 0 Å². The maximum absolute atomic E-state index is 13.6. The Kier molecular flexibility index (Phi) is 8.40. The van der Waals surface area contributed by atoms with Crippen LogP contribution in [0.2, 0.25) is 0 Å². The number of anilines is 1. The van der Waals surface area contributed by atoms with E-state index in [1.807, 2.05) is 13.8 Å². The number of carbonyl (C=O) groups excluding carboxylic acids is 1. The zero-order valence-corrected chi connectivity index (χ0v) is 17.3. The summed E-state index contributed by atoms with van der Waals surface area (Å²) in [6.07, 6.45) is -3.76. The second-order valence-corrected chi connectivity index (χ2v) is 7.85. The minimum Gasteiger partial charge on any atom is -0.490 e. The molecule has 1 amide bonds. The molecule has 4 nitrogen and oxygen atoms in total. The largest absolute Gasteiger partial charge is 0.490 e. The van der Waals surface area contributed by atoms with Crippen molar-refractivity contribution in [3.05, 3.63) is 53.6 Å². The number of hydrogen-bond acceptors (Lipinski definition) is 4. The number of carbonyl (C=O) groups is 1. The number of thioether (sulfide) groups is 1. The van der Waals surface area contributed by atoms with Crippen LogP contribution >= 0.6 is 11.8 Å². The van der Waals surface area contributed by atoms with Crippen LogP contribution in [0.25, 0.3) is 0 Å². The summed E-state index contributed by atoms with van der Waals surface area (Å²) in [5, 5.41) is 2.57. The number of amides is 1. The van der Waals surface area contributed by atoms with Crippen molar-refractivity contribution in [3.8, 4) is 5.75 Å². The Morgan fingerprint density at radius 3 is 2.55 bits per heavy atom. The van der Waals surface area contributed by atoms with Gasteiger partial charge >= 0.3 is 6.18 Å². The van der Waals surface area contributed by atoms with Gasteiger partial charge in [0.1, 0.15) is 12.4 Å². The number of hydrogen-bond donors (Lipinski definition) is 1. The minimum atomic E-state index is -4.59. The fraction of sp³-hybridized carbons (Fsp3) is 0.381. The maximum atomic E-state index is 13.6. The van der Waals surface area contributed by atoms with Crippen LogP contribution < -0.4 is 10.1 Å². The van der Waals surface area contributed by atoms with E-state index in [0.717, 1.165) is 12.5 Å². The van der Waals surface area contributed by atoms with Crippen molar-refractivity contribution in [1.29, 1.82) is 0 Å². The first kappa shape index (κ1) is 23.1. The SMILES string of the molecule is CCC(C)Sc1ccc(NC(=O)c2ccccc2OCCOC)c(C(F)(F)F)c1. The zero-order valence-electron chi connectivity index (χ0n) is 16.5. The van der Waals surface area contributed by atoms with Crippen LogP contribution in [0.5, 0.6) is 5.75 Å². The van der Waals surface area contributed by atoms with Gasteiger partial charge < -0.3 is 14.8 Å². The molecular formula is C21H24F3NO3S. The predicted octanol–water partition coefficient (Wildman–Crippen LogP) is 5.87. The monoisotopic (exact) mass is 427 g/mol. The van der Waals surface area contributed by atoms with Crippen LogP contribution in [0.15, 0.2) is 47.4 Å². The fourth-order valence-corrected chi connectivity index (χ4v) is 3.42. The number of rotatable bonds is 9. The van der Waals surface area contributed by atoms with E-state index in [-0.39, 0.29) is 28.9 Å². The van der Waals surface area contributed by atoms with Gasteiger partial charge in [0, 0.05) is 17.3 Å². The quantitative estimate of drug-likeness (QED) is 0.401. The first-order chi connectivity index (χ1) is 13.8. The molecule has 0 spiro atoms. The number of para-hydroxylation sites is 1. The van der Waals surface area contributed by atoms with E-state index in [4.69, 9.17) is 9.47 Å². The van der Waals surface area contributed by atoms with E-state index in [9.17, 15) is 18.0 Å². The van der Waals surface area contributed by atoms with Gasteiger partial charge in [-0.1, -0.05) is 26.0 Å². The molecule has 0 fully saturated rings. The van der Waals surface area contributed by atoms with Gasteiger partial charge in [-0.15, -0.1) is 11.8 Å². The second kappa shape index (κ2) is 10.5. The molecule has 0 aliphatic heterocycles. The Morgan fingerprint density at radius 1 is 1.17 bits per heavy atom. The van der Waals surface area contributed by atoms with Crippen LogP contribution in [-0.2, 0) is 10.9 Å². The van der Waals surface area contributed by atoms with E-state index in [2.05, 4.69) is 5.32 Å². The Bertz CT molecular complexity index is 827. The molecule has 0 bridgehead atoms. The average Bonchev–Trinajstić information content (AvgIpc) is 2.68. The Balaban J connectivity index is 2.28. The molecule has 29 heavy (non-hydrogen) atoms. The van der Waals surface area contributed by atoms with Crippen molar-refractivity contribution in [2.24, 2.45) is 0 Å². The molecule has 1 atom stereocenters. The molecule has 0 heterocycles. The highest BCUT2D eigenvalue weighted by molar-refractivity contribution is 7.99. The normalized spacial score (nSPS) is 12.5. The number of methoxy groups -OCH3 is 1. The first-order valence-corrected chi connectivity index (χ1v) is 10.0. The molecule has 2 rings (SSSR count). The lowest BCUT2D eigenvalue weighted by atomic mass is 10.1. The molecule has 0 saturated carbocycles. The van der Waals surface area contributed by atoms with Crippen LogP contribution in [0, 0.1) is 0 Å². The Labute approximate surface area is 172 Å². The lowest BCUT2D eigenvalue weighted by Gasteiger charge is -2.17. The summed E-state index contributed by atoms with van der Waals surface area (Å²) in [5.41, 5.74) is -1.02. The van der Waals surface area contributed by atoms with Gasteiger partial charge in [0.15, 0.2) is 0 Å². The molecule has 2 aromatic carbocycles. The van der Waals surface area contributed by atoms with Crippen molar-refractivity contribution in [2.45, 2.75) is 36.6 Å².